The molecule has 1 unspecified atom stereocenters. The minimum absolute atomic E-state index is 0.00398. The number of nitrogens with one attached hydrogen (secondary N) is 2. The summed E-state index contributed by atoms with van der Waals surface area (Å²) in [5.41, 5.74) is 1.22. The summed E-state index contributed by atoms with van der Waals surface area (Å²) in [5, 5.41) is 6.56. The average Bonchev–Trinajstić information content (AvgIpc) is 2.59. The Hall–Kier alpha value is -1.89. The summed E-state index contributed by atoms with van der Waals surface area (Å²) < 4.78 is 0. The molecule has 1 atom stereocenters. The number of aromatic nitrogens is 2. The van der Waals surface area contributed by atoms with Crippen molar-refractivity contribution in [3.8, 4) is 0 Å². The highest BCUT2D eigenvalue weighted by atomic mass is 16.2. The van der Waals surface area contributed by atoms with Gasteiger partial charge in [-0.25, -0.2) is 14.8 Å². The Morgan fingerprint density at radius 1 is 1.40 bits per heavy atom. The summed E-state index contributed by atoms with van der Waals surface area (Å²) in [6.07, 6.45) is 3.88. The third-order valence-corrected chi connectivity index (χ3v) is 5.44. The molecule has 0 bridgehead atoms. The molecule has 2 saturated heterocycles. The molecule has 0 saturated carbocycles. The lowest BCUT2D eigenvalue weighted by molar-refractivity contribution is 0.0458. The van der Waals surface area contributed by atoms with Gasteiger partial charge in [-0.15, -0.1) is 0 Å². The number of rotatable bonds is 4. The first-order valence-corrected chi connectivity index (χ1v) is 9.12. The highest BCUT2D eigenvalue weighted by Crippen LogP contribution is 2.37. The second-order valence-corrected chi connectivity index (χ2v) is 8.07. The van der Waals surface area contributed by atoms with Gasteiger partial charge in [0.2, 0.25) is 5.95 Å². The van der Waals surface area contributed by atoms with Crippen LogP contribution < -0.4 is 15.5 Å². The topological polar surface area (TPSA) is 73.4 Å². The van der Waals surface area contributed by atoms with Gasteiger partial charge in [-0.1, -0.05) is 13.8 Å². The Balaban J connectivity index is 1.46. The van der Waals surface area contributed by atoms with Crippen molar-refractivity contribution in [1.29, 1.82) is 0 Å². The number of hydrogen-bond acceptors (Lipinski definition) is 5. The van der Waals surface area contributed by atoms with Crippen LogP contribution in [0.3, 0.4) is 0 Å². The maximum absolute atomic E-state index is 12.4. The Labute approximate surface area is 150 Å². The fourth-order valence-corrected chi connectivity index (χ4v) is 3.85. The average molecular weight is 346 g/mol. The van der Waals surface area contributed by atoms with Crippen LogP contribution in [-0.4, -0.2) is 60.7 Å². The minimum Gasteiger partial charge on any atom is -0.347 e. The number of anilines is 1. The number of carbonyl (C=O) groups excluding carboxylic acids is 1. The molecule has 0 radical (unpaired) electrons. The number of urea groups is 1. The fourth-order valence-electron chi connectivity index (χ4n) is 3.85. The number of likely N-dealkylation sites (tertiary alicyclic amines) is 1. The quantitative estimate of drug-likeness (QED) is 0.863. The second-order valence-electron chi connectivity index (χ2n) is 8.07. The van der Waals surface area contributed by atoms with Crippen molar-refractivity contribution < 1.29 is 4.79 Å². The molecule has 0 aromatic carbocycles. The van der Waals surface area contributed by atoms with Crippen molar-refractivity contribution in [1.82, 2.24) is 25.5 Å². The largest absolute Gasteiger partial charge is 0.347 e. The van der Waals surface area contributed by atoms with Crippen LogP contribution in [0, 0.1) is 11.3 Å². The van der Waals surface area contributed by atoms with Crippen LogP contribution in [0.4, 0.5) is 10.7 Å². The summed E-state index contributed by atoms with van der Waals surface area (Å²) >= 11 is 0. The van der Waals surface area contributed by atoms with E-state index < -0.39 is 0 Å². The van der Waals surface area contributed by atoms with E-state index in [4.69, 9.17) is 0 Å². The van der Waals surface area contributed by atoms with Crippen molar-refractivity contribution in [2.24, 2.45) is 11.3 Å². The van der Waals surface area contributed by atoms with Gasteiger partial charge < -0.3 is 20.4 Å². The molecule has 2 aliphatic heterocycles. The molecule has 25 heavy (non-hydrogen) atoms. The number of piperidine rings is 1. The summed E-state index contributed by atoms with van der Waals surface area (Å²) in [7, 11) is 3.81. The lowest BCUT2D eigenvalue weighted by Crippen LogP contribution is -2.64. The van der Waals surface area contributed by atoms with E-state index in [1.807, 2.05) is 30.0 Å². The van der Waals surface area contributed by atoms with Gasteiger partial charge >= 0.3 is 6.03 Å². The molecule has 2 amide bonds. The SMILES string of the molecule is CN(C)c1nccc(CNC(=O)N2CCC(C3NCC3(C)C)CC2)n1. The smallest absolute Gasteiger partial charge is 0.317 e. The third kappa shape index (κ3) is 4.03. The van der Waals surface area contributed by atoms with E-state index in [9.17, 15) is 4.79 Å². The Kier molecular flexibility index (Phi) is 5.13. The first-order chi connectivity index (χ1) is 11.9. The molecule has 3 heterocycles. The van der Waals surface area contributed by atoms with E-state index in [2.05, 4.69) is 34.4 Å². The normalized spacial score (nSPS) is 23.0. The Morgan fingerprint density at radius 3 is 2.68 bits per heavy atom. The minimum atomic E-state index is 0.00398. The molecule has 1 aromatic rings. The zero-order valence-corrected chi connectivity index (χ0v) is 15.7. The molecular formula is C18H30N6O. The molecule has 7 nitrogen and oxygen atoms in total. The predicted octanol–water partition coefficient (Wildman–Crippen LogP) is 1.46. The molecule has 1 aromatic heterocycles. The fraction of sp³-hybridized carbons (Fsp3) is 0.722. The van der Waals surface area contributed by atoms with Crippen molar-refractivity contribution in [3.05, 3.63) is 18.0 Å². The van der Waals surface area contributed by atoms with E-state index in [1.54, 1.807) is 6.20 Å². The maximum atomic E-state index is 12.4. The summed E-state index contributed by atoms with van der Waals surface area (Å²) in [5.74, 6) is 1.33. The zero-order valence-electron chi connectivity index (χ0n) is 15.7. The molecule has 0 aliphatic carbocycles. The Morgan fingerprint density at radius 2 is 2.12 bits per heavy atom. The lowest BCUT2D eigenvalue weighted by atomic mass is 9.68. The standard InChI is InChI=1S/C18H30N6O/c1-18(2)12-21-15(18)13-6-9-24(10-7-13)17(25)20-11-14-5-8-19-16(22-14)23(3)4/h5,8,13,15,21H,6-7,9-12H2,1-4H3,(H,20,25). The molecular weight excluding hydrogens is 316 g/mol. The van der Waals surface area contributed by atoms with Crippen molar-refractivity contribution in [2.45, 2.75) is 39.3 Å². The van der Waals surface area contributed by atoms with Crippen molar-refractivity contribution in [2.75, 3.05) is 38.6 Å². The number of hydrogen-bond donors (Lipinski definition) is 2. The highest BCUT2D eigenvalue weighted by Gasteiger charge is 2.43. The van der Waals surface area contributed by atoms with Crippen LogP contribution >= 0.6 is 0 Å². The summed E-state index contributed by atoms with van der Waals surface area (Å²) in [6, 6.07) is 2.44. The van der Waals surface area contributed by atoms with Gasteiger partial charge in [0.15, 0.2) is 0 Å². The summed E-state index contributed by atoms with van der Waals surface area (Å²) in [4.78, 5) is 24.8. The van der Waals surface area contributed by atoms with Crippen LogP contribution in [0.2, 0.25) is 0 Å². The van der Waals surface area contributed by atoms with Gasteiger partial charge in [0, 0.05) is 46.0 Å². The monoisotopic (exact) mass is 346 g/mol. The first-order valence-electron chi connectivity index (χ1n) is 9.12. The van der Waals surface area contributed by atoms with E-state index in [1.165, 1.54) is 0 Å². The van der Waals surface area contributed by atoms with Crippen LogP contribution in [-0.2, 0) is 6.54 Å². The van der Waals surface area contributed by atoms with Gasteiger partial charge in [0.25, 0.3) is 0 Å². The molecule has 3 rings (SSSR count). The van der Waals surface area contributed by atoms with Gasteiger partial charge in [-0.05, 0) is 30.2 Å². The van der Waals surface area contributed by atoms with Crippen molar-refractivity contribution in [3.63, 3.8) is 0 Å². The molecule has 2 N–H and O–H groups in total. The molecule has 138 valence electrons. The predicted molar refractivity (Wildman–Crippen MR) is 98.5 cm³/mol. The summed E-state index contributed by atoms with van der Waals surface area (Å²) in [6.45, 7) is 7.86. The van der Waals surface area contributed by atoms with Crippen LogP contribution in [0.25, 0.3) is 0 Å². The number of nitrogens with zero attached hydrogens (tertiary/aromatic N) is 4. The van der Waals surface area contributed by atoms with E-state index in [0.29, 0.717) is 29.9 Å². The second kappa shape index (κ2) is 7.15. The van der Waals surface area contributed by atoms with Crippen LogP contribution in [0.15, 0.2) is 12.3 Å². The van der Waals surface area contributed by atoms with Crippen molar-refractivity contribution >= 4 is 12.0 Å². The number of amides is 2. The first kappa shape index (κ1) is 17.9. The maximum Gasteiger partial charge on any atom is 0.317 e. The Bertz CT molecular complexity index is 609. The number of carbonyl (C=O) groups is 1. The van der Waals surface area contributed by atoms with Gasteiger partial charge in [0.1, 0.15) is 0 Å². The third-order valence-electron chi connectivity index (χ3n) is 5.44. The highest BCUT2D eigenvalue weighted by molar-refractivity contribution is 5.74. The zero-order chi connectivity index (χ0) is 18.0. The van der Waals surface area contributed by atoms with E-state index >= 15 is 0 Å². The van der Waals surface area contributed by atoms with Gasteiger partial charge in [-0.2, -0.15) is 0 Å². The van der Waals surface area contributed by atoms with E-state index in [0.717, 1.165) is 38.2 Å². The molecule has 2 aliphatic rings. The van der Waals surface area contributed by atoms with E-state index in [-0.39, 0.29) is 6.03 Å². The van der Waals surface area contributed by atoms with Crippen LogP contribution in [0.1, 0.15) is 32.4 Å². The van der Waals surface area contributed by atoms with Gasteiger partial charge in [0.05, 0.1) is 12.2 Å². The lowest BCUT2D eigenvalue weighted by Gasteiger charge is -2.51. The molecule has 0 spiro atoms. The van der Waals surface area contributed by atoms with Gasteiger partial charge in [-0.3, -0.25) is 0 Å². The molecule has 7 heteroatoms. The van der Waals surface area contributed by atoms with Crippen LogP contribution in [0.5, 0.6) is 0 Å². The molecule has 2 fully saturated rings.